The Balaban J connectivity index is 1.67. The van der Waals surface area contributed by atoms with E-state index in [0.29, 0.717) is 11.4 Å². The van der Waals surface area contributed by atoms with E-state index in [1.165, 1.54) is 48.4 Å². The summed E-state index contributed by atoms with van der Waals surface area (Å²) in [5, 5.41) is 18.6. The second kappa shape index (κ2) is 9.50. The maximum absolute atomic E-state index is 12.1. The number of nitrogens with one attached hydrogen (secondary N) is 1. The number of carbonyl (C=O) groups is 1. The van der Waals surface area contributed by atoms with Crippen molar-refractivity contribution in [2.75, 3.05) is 12.1 Å². The van der Waals surface area contributed by atoms with Crippen molar-refractivity contribution in [3.63, 3.8) is 0 Å². The Labute approximate surface area is 179 Å². The summed E-state index contributed by atoms with van der Waals surface area (Å²) in [5.41, 5.74) is -0.544. The third-order valence-corrected chi connectivity index (χ3v) is 5.34. The fourth-order valence-corrected chi connectivity index (χ4v) is 3.49. The summed E-state index contributed by atoms with van der Waals surface area (Å²) in [5.74, 6) is 0.381. The van der Waals surface area contributed by atoms with Gasteiger partial charge in [0.15, 0.2) is 0 Å². The maximum Gasteiger partial charge on any atom is 0.412 e. The molecule has 0 radical (unpaired) electrons. The monoisotopic (exact) mass is 429 g/mol. The summed E-state index contributed by atoms with van der Waals surface area (Å²) >= 11 is 0. The Morgan fingerprint density at radius 3 is 2.58 bits per heavy atom. The standard InChI is InChI=1S/C21H27N5O5/c1-24-18(12-19(28)25(2)21(24)30)26(3)22-13-14-9-10-16(11-17(14)27)31-20(29)23-15-7-5-4-6-8-15/h9-13,15,27H,4-8H2,1-3H3,(H,23,29). The molecular formula is C21H27N5O5. The van der Waals surface area contributed by atoms with Gasteiger partial charge in [-0.15, -0.1) is 0 Å². The van der Waals surface area contributed by atoms with E-state index in [-0.39, 0.29) is 17.5 Å². The van der Waals surface area contributed by atoms with Crippen LogP contribution in [-0.2, 0) is 14.1 Å². The van der Waals surface area contributed by atoms with Crippen LogP contribution >= 0.6 is 0 Å². The molecule has 1 aromatic heterocycles. The third-order valence-electron chi connectivity index (χ3n) is 5.34. The second-order valence-electron chi connectivity index (χ2n) is 7.60. The summed E-state index contributed by atoms with van der Waals surface area (Å²) in [6.45, 7) is 0. The van der Waals surface area contributed by atoms with E-state index in [2.05, 4.69) is 10.4 Å². The molecule has 0 spiro atoms. The lowest BCUT2D eigenvalue weighted by Gasteiger charge is -2.22. The molecule has 2 N–H and O–H groups in total. The van der Waals surface area contributed by atoms with E-state index in [0.717, 1.165) is 30.3 Å². The van der Waals surface area contributed by atoms with Crippen LogP contribution in [0.25, 0.3) is 0 Å². The average molecular weight is 429 g/mol. The van der Waals surface area contributed by atoms with Gasteiger partial charge in [-0.1, -0.05) is 19.3 Å². The van der Waals surface area contributed by atoms with E-state index in [9.17, 15) is 19.5 Å². The Hall–Kier alpha value is -3.56. The minimum atomic E-state index is -0.543. The molecule has 10 nitrogen and oxygen atoms in total. The van der Waals surface area contributed by atoms with E-state index < -0.39 is 17.3 Å². The van der Waals surface area contributed by atoms with Crippen LogP contribution in [0.1, 0.15) is 37.7 Å². The molecule has 0 unspecified atom stereocenters. The first-order valence-electron chi connectivity index (χ1n) is 10.1. The molecule has 31 heavy (non-hydrogen) atoms. The van der Waals surface area contributed by atoms with Crippen LogP contribution in [0, 0.1) is 0 Å². The zero-order valence-corrected chi connectivity index (χ0v) is 17.9. The summed E-state index contributed by atoms with van der Waals surface area (Å²) in [6, 6.07) is 5.85. The van der Waals surface area contributed by atoms with Gasteiger partial charge in [0, 0.05) is 44.9 Å². The number of hydrogen-bond acceptors (Lipinski definition) is 7. The number of phenolic OH excluding ortho intramolecular Hbond substituents is 1. The molecule has 1 aromatic carbocycles. The van der Waals surface area contributed by atoms with Crippen molar-refractivity contribution in [2.24, 2.45) is 19.2 Å². The van der Waals surface area contributed by atoms with Gasteiger partial charge in [0.25, 0.3) is 5.56 Å². The number of carbonyl (C=O) groups excluding carboxylic acids is 1. The van der Waals surface area contributed by atoms with Gasteiger partial charge in [-0.25, -0.2) is 9.59 Å². The number of rotatable bonds is 5. The third kappa shape index (κ3) is 5.33. The van der Waals surface area contributed by atoms with E-state index in [1.807, 2.05) is 0 Å². The normalized spacial score (nSPS) is 14.5. The number of anilines is 1. The Morgan fingerprint density at radius 1 is 1.19 bits per heavy atom. The van der Waals surface area contributed by atoms with E-state index in [4.69, 9.17) is 4.74 Å². The lowest BCUT2D eigenvalue weighted by atomic mass is 9.96. The molecule has 1 heterocycles. The lowest BCUT2D eigenvalue weighted by Crippen LogP contribution is -2.38. The number of ether oxygens (including phenoxy) is 1. The molecule has 1 saturated carbocycles. The zero-order chi connectivity index (χ0) is 22.5. The SMILES string of the molecule is CN(N=Cc1ccc(OC(=O)NC2CCCCC2)cc1O)c1cc(=O)n(C)c(=O)n1C. The summed E-state index contributed by atoms with van der Waals surface area (Å²) < 4.78 is 7.55. The number of hydrazone groups is 1. The quantitative estimate of drug-likeness (QED) is 0.552. The van der Waals surface area contributed by atoms with Crippen LogP contribution in [0.3, 0.4) is 0 Å². The number of nitrogens with zero attached hydrogens (tertiary/aromatic N) is 4. The van der Waals surface area contributed by atoms with Gasteiger partial charge in [-0.05, 0) is 25.0 Å². The van der Waals surface area contributed by atoms with Crippen LogP contribution in [0.2, 0.25) is 0 Å². The summed E-state index contributed by atoms with van der Waals surface area (Å²) in [4.78, 5) is 36.0. The van der Waals surface area contributed by atoms with Crippen molar-refractivity contribution in [3.05, 3.63) is 50.7 Å². The molecule has 0 saturated heterocycles. The molecule has 1 fully saturated rings. The number of aromatic hydroxyl groups is 1. The summed E-state index contributed by atoms with van der Waals surface area (Å²) in [7, 11) is 4.51. The van der Waals surface area contributed by atoms with Crippen LogP contribution in [-0.4, -0.2) is 39.6 Å². The van der Waals surface area contributed by atoms with Gasteiger partial charge < -0.3 is 15.2 Å². The van der Waals surface area contributed by atoms with Crippen LogP contribution < -0.4 is 26.3 Å². The predicted molar refractivity (Wildman–Crippen MR) is 117 cm³/mol. The fraction of sp³-hybridized carbons (Fsp3) is 0.429. The van der Waals surface area contributed by atoms with Gasteiger partial charge in [0.05, 0.1) is 6.21 Å². The first-order valence-corrected chi connectivity index (χ1v) is 10.1. The molecule has 1 aliphatic rings. The topological polar surface area (TPSA) is 118 Å². The largest absolute Gasteiger partial charge is 0.507 e. The molecule has 0 atom stereocenters. The lowest BCUT2D eigenvalue weighted by molar-refractivity contribution is 0.192. The average Bonchev–Trinajstić information content (AvgIpc) is 2.74. The number of benzene rings is 1. The van der Waals surface area contributed by atoms with Crippen LogP contribution in [0.5, 0.6) is 11.5 Å². The Morgan fingerprint density at radius 2 is 1.90 bits per heavy atom. The first kappa shape index (κ1) is 22.1. The van der Waals surface area contributed by atoms with E-state index >= 15 is 0 Å². The van der Waals surface area contributed by atoms with Crippen molar-refractivity contribution in [1.29, 1.82) is 0 Å². The minimum absolute atomic E-state index is 0.127. The molecule has 1 amide bonds. The van der Waals surface area contributed by atoms with Gasteiger partial charge in [-0.2, -0.15) is 5.10 Å². The molecule has 2 aromatic rings. The number of aromatic nitrogens is 2. The van der Waals surface area contributed by atoms with Gasteiger partial charge in [0.1, 0.15) is 17.3 Å². The van der Waals surface area contributed by atoms with Gasteiger partial charge in [-0.3, -0.25) is 18.9 Å². The molecule has 3 rings (SSSR count). The number of hydrogen-bond donors (Lipinski definition) is 2. The minimum Gasteiger partial charge on any atom is -0.507 e. The highest BCUT2D eigenvalue weighted by Gasteiger charge is 2.17. The van der Waals surface area contributed by atoms with Crippen molar-refractivity contribution < 1.29 is 14.6 Å². The highest BCUT2D eigenvalue weighted by atomic mass is 16.6. The van der Waals surface area contributed by atoms with Crippen LogP contribution in [0.15, 0.2) is 39.0 Å². The Kier molecular flexibility index (Phi) is 6.78. The fourth-order valence-electron chi connectivity index (χ4n) is 3.49. The van der Waals surface area contributed by atoms with Gasteiger partial charge in [0.2, 0.25) is 0 Å². The highest BCUT2D eigenvalue weighted by Crippen LogP contribution is 2.23. The van der Waals surface area contributed by atoms with Crippen molar-refractivity contribution in [1.82, 2.24) is 14.5 Å². The Bertz CT molecular complexity index is 1100. The zero-order valence-electron chi connectivity index (χ0n) is 17.9. The molecule has 1 aliphatic carbocycles. The molecule has 166 valence electrons. The van der Waals surface area contributed by atoms with Gasteiger partial charge >= 0.3 is 11.8 Å². The van der Waals surface area contributed by atoms with Crippen molar-refractivity contribution in [2.45, 2.75) is 38.1 Å². The molecule has 0 bridgehead atoms. The number of phenols is 1. The first-order chi connectivity index (χ1) is 14.8. The van der Waals surface area contributed by atoms with Crippen molar-refractivity contribution >= 4 is 18.1 Å². The van der Waals surface area contributed by atoms with E-state index in [1.54, 1.807) is 19.2 Å². The highest BCUT2D eigenvalue weighted by molar-refractivity contribution is 5.84. The summed E-state index contributed by atoms with van der Waals surface area (Å²) in [6.07, 6.45) is 6.11. The maximum atomic E-state index is 12.1. The van der Waals surface area contributed by atoms with Crippen molar-refractivity contribution in [3.8, 4) is 11.5 Å². The predicted octanol–water partition coefficient (Wildman–Crippen LogP) is 1.68. The van der Waals surface area contributed by atoms with Crippen LogP contribution in [0.4, 0.5) is 10.6 Å². The molecular weight excluding hydrogens is 402 g/mol. The molecule has 0 aliphatic heterocycles. The second-order valence-corrected chi connectivity index (χ2v) is 7.60. The number of amides is 1. The smallest absolute Gasteiger partial charge is 0.412 e. The molecule has 10 heteroatoms.